The van der Waals surface area contributed by atoms with Crippen molar-refractivity contribution in [2.75, 3.05) is 37.7 Å². The van der Waals surface area contributed by atoms with Crippen LogP contribution < -0.4 is 9.64 Å². The maximum absolute atomic E-state index is 12.4. The van der Waals surface area contributed by atoms with Crippen LogP contribution in [0.3, 0.4) is 0 Å². The first-order chi connectivity index (χ1) is 13.5. The van der Waals surface area contributed by atoms with E-state index in [4.69, 9.17) is 9.47 Å². The van der Waals surface area contributed by atoms with Gasteiger partial charge in [-0.05, 0) is 50.2 Å². The van der Waals surface area contributed by atoms with Gasteiger partial charge in [-0.3, -0.25) is 4.79 Å². The molecular formula is C22H26N2O4. The van der Waals surface area contributed by atoms with E-state index in [-0.39, 0.29) is 18.6 Å². The van der Waals surface area contributed by atoms with Gasteiger partial charge in [0.05, 0.1) is 11.7 Å². The zero-order chi connectivity index (χ0) is 19.9. The summed E-state index contributed by atoms with van der Waals surface area (Å²) in [7, 11) is 0. The number of piperazine rings is 1. The molecule has 0 unspecified atom stereocenters. The van der Waals surface area contributed by atoms with Gasteiger partial charge in [0.1, 0.15) is 5.75 Å². The van der Waals surface area contributed by atoms with Crippen molar-refractivity contribution in [3.63, 3.8) is 0 Å². The minimum absolute atomic E-state index is 0.0674. The second-order valence-corrected chi connectivity index (χ2v) is 6.97. The summed E-state index contributed by atoms with van der Waals surface area (Å²) in [5.41, 5.74) is 1.56. The van der Waals surface area contributed by atoms with E-state index in [9.17, 15) is 9.59 Å². The molecule has 0 saturated carbocycles. The van der Waals surface area contributed by atoms with E-state index in [2.05, 4.69) is 17.0 Å². The Labute approximate surface area is 165 Å². The molecule has 1 fully saturated rings. The smallest absolute Gasteiger partial charge is 0.338 e. The highest BCUT2D eigenvalue weighted by atomic mass is 16.5. The Morgan fingerprint density at radius 1 is 0.929 bits per heavy atom. The zero-order valence-corrected chi connectivity index (χ0v) is 16.3. The lowest BCUT2D eigenvalue weighted by molar-refractivity contribution is -0.134. The largest absolute Gasteiger partial charge is 0.491 e. The Kier molecular flexibility index (Phi) is 6.53. The third-order valence-electron chi connectivity index (χ3n) is 4.54. The van der Waals surface area contributed by atoms with Crippen molar-refractivity contribution in [3.05, 3.63) is 60.2 Å². The molecule has 0 spiro atoms. The lowest BCUT2D eigenvalue weighted by Gasteiger charge is -2.36. The second-order valence-electron chi connectivity index (χ2n) is 6.97. The fourth-order valence-electron chi connectivity index (χ4n) is 3.10. The number of esters is 1. The van der Waals surface area contributed by atoms with E-state index in [1.165, 1.54) is 0 Å². The van der Waals surface area contributed by atoms with E-state index in [0.29, 0.717) is 24.4 Å². The third kappa shape index (κ3) is 5.25. The predicted octanol–water partition coefficient (Wildman–Crippen LogP) is 2.98. The number of carbonyl (C=O) groups excluding carboxylic acids is 2. The van der Waals surface area contributed by atoms with E-state index in [1.807, 2.05) is 32.0 Å². The van der Waals surface area contributed by atoms with Crippen LogP contribution in [0, 0.1) is 0 Å². The number of hydrogen-bond acceptors (Lipinski definition) is 5. The summed E-state index contributed by atoms with van der Waals surface area (Å²) < 4.78 is 10.7. The highest BCUT2D eigenvalue weighted by Gasteiger charge is 2.22. The van der Waals surface area contributed by atoms with Gasteiger partial charge < -0.3 is 19.3 Å². The number of nitrogens with zero attached hydrogens (tertiary/aromatic N) is 2. The molecule has 2 aromatic rings. The summed E-state index contributed by atoms with van der Waals surface area (Å²) >= 11 is 0. The van der Waals surface area contributed by atoms with Gasteiger partial charge >= 0.3 is 5.97 Å². The molecule has 0 aromatic heterocycles. The van der Waals surface area contributed by atoms with Crippen molar-refractivity contribution in [1.29, 1.82) is 0 Å². The molecule has 0 bridgehead atoms. The molecule has 1 aliphatic heterocycles. The minimum atomic E-state index is -0.507. The van der Waals surface area contributed by atoms with Gasteiger partial charge in [-0.25, -0.2) is 4.79 Å². The molecule has 1 aliphatic rings. The topological polar surface area (TPSA) is 59.1 Å². The highest BCUT2D eigenvalue weighted by molar-refractivity contribution is 5.91. The fraction of sp³-hybridized carbons (Fsp3) is 0.364. The maximum Gasteiger partial charge on any atom is 0.338 e. The molecule has 28 heavy (non-hydrogen) atoms. The molecule has 0 aliphatic carbocycles. The van der Waals surface area contributed by atoms with Crippen LogP contribution in [-0.4, -0.2) is 55.7 Å². The number of amides is 1. The number of carbonyl (C=O) groups is 2. The number of rotatable bonds is 6. The average molecular weight is 382 g/mol. The van der Waals surface area contributed by atoms with Crippen LogP contribution in [-0.2, 0) is 9.53 Å². The van der Waals surface area contributed by atoms with Gasteiger partial charge in [-0.1, -0.05) is 18.2 Å². The first-order valence-electron chi connectivity index (χ1n) is 9.54. The van der Waals surface area contributed by atoms with E-state index < -0.39 is 5.97 Å². The van der Waals surface area contributed by atoms with Crippen LogP contribution in [0.25, 0.3) is 0 Å². The standard InChI is InChI=1S/C22H26N2O4/c1-17(2)28-20-10-8-18(9-11-20)22(26)27-16-21(25)24-14-12-23(13-15-24)19-6-4-3-5-7-19/h3-11,17H,12-16H2,1-2H3. The zero-order valence-electron chi connectivity index (χ0n) is 16.3. The Balaban J connectivity index is 1.44. The Morgan fingerprint density at radius 3 is 2.18 bits per heavy atom. The number of benzene rings is 2. The van der Waals surface area contributed by atoms with E-state index >= 15 is 0 Å². The van der Waals surface area contributed by atoms with Crippen LogP contribution in [0.4, 0.5) is 5.69 Å². The third-order valence-corrected chi connectivity index (χ3v) is 4.54. The Bertz CT molecular complexity index is 782. The predicted molar refractivity (Wildman–Crippen MR) is 108 cm³/mol. The van der Waals surface area contributed by atoms with Crippen molar-refractivity contribution in [2.24, 2.45) is 0 Å². The molecule has 148 valence electrons. The normalized spacial score (nSPS) is 14.1. The van der Waals surface area contributed by atoms with Crippen LogP contribution in [0.1, 0.15) is 24.2 Å². The molecule has 3 rings (SSSR count). The summed E-state index contributed by atoms with van der Waals surface area (Å²) in [6.07, 6.45) is 0.0674. The highest BCUT2D eigenvalue weighted by Crippen LogP contribution is 2.16. The van der Waals surface area contributed by atoms with Gasteiger partial charge in [-0.15, -0.1) is 0 Å². The van der Waals surface area contributed by atoms with Crippen molar-refractivity contribution < 1.29 is 19.1 Å². The summed E-state index contributed by atoms with van der Waals surface area (Å²) in [6, 6.07) is 16.9. The van der Waals surface area contributed by atoms with Gasteiger partial charge in [0.15, 0.2) is 6.61 Å². The number of hydrogen-bond donors (Lipinski definition) is 0. The molecule has 2 aromatic carbocycles. The first-order valence-corrected chi connectivity index (χ1v) is 9.54. The molecule has 0 atom stereocenters. The van der Waals surface area contributed by atoms with E-state index in [1.54, 1.807) is 29.2 Å². The van der Waals surface area contributed by atoms with E-state index in [0.717, 1.165) is 18.8 Å². The van der Waals surface area contributed by atoms with Crippen molar-refractivity contribution >= 4 is 17.6 Å². The fourth-order valence-corrected chi connectivity index (χ4v) is 3.10. The molecular weight excluding hydrogens is 356 g/mol. The molecule has 1 saturated heterocycles. The van der Waals surface area contributed by atoms with Crippen LogP contribution in [0.2, 0.25) is 0 Å². The quantitative estimate of drug-likeness (QED) is 0.719. The maximum atomic E-state index is 12.4. The molecule has 1 heterocycles. The van der Waals surface area contributed by atoms with Crippen molar-refractivity contribution in [1.82, 2.24) is 4.90 Å². The lowest BCUT2D eigenvalue weighted by Crippen LogP contribution is -2.49. The summed E-state index contributed by atoms with van der Waals surface area (Å²) in [5, 5.41) is 0. The minimum Gasteiger partial charge on any atom is -0.491 e. The Morgan fingerprint density at radius 2 is 1.57 bits per heavy atom. The first kappa shape index (κ1) is 19.7. The number of ether oxygens (including phenoxy) is 2. The van der Waals surface area contributed by atoms with Gasteiger partial charge in [0, 0.05) is 31.9 Å². The molecule has 0 N–H and O–H groups in total. The molecule has 6 nitrogen and oxygen atoms in total. The molecule has 0 radical (unpaired) electrons. The lowest BCUT2D eigenvalue weighted by atomic mass is 10.2. The number of para-hydroxylation sites is 1. The van der Waals surface area contributed by atoms with Crippen LogP contribution in [0.15, 0.2) is 54.6 Å². The average Bonchev–Trinajstić information content (AvgIpc) is 2.72. The van der Waals surface area contributed by atoms with Crippen LogP contribution in [0.5, 0.6) is 5.75 Å². The second kappa shape index (κ2) is 9.26. The van der Waals surface area contributed by atoms with Gasteiger partial charge in [-0.2, -0.15) is 0 Å². The van der Waals surface area contributed by atoms with Gasteiger partial charge in [0.25, 0.3) is 5.91 Å². The van der Waals surface area contributed by atoms with Crippen molar-refractivity contribution in [2.45, 2.75) is 20.0 Å². The summed E-state index contributed by atoms with van der Waals surface area (Å²) in [6.45, 7) is 6.40. The van der Waals surface area contributed by atoms with Crippen LogP contribution >= 0.6 is 0 Å². The monoisotopic (exact) mass is 382 g/mol. The SMILES string of the molecule is CC(C)Oc1ccc(C(=O)OCC(=O)N2CCN(c3ccccc3)CC2)cc1. The Hall–Kier alpha value is -3.02. The molecule has 1 amide bonds. The van der Waals surface area contributed by atoms with Crippen molar-refractivity contribution in [3.8, 4) is 5.75 Å². The van der Waals surface area contributed by atoms with Gasteiger partial charge in [0.2, 0.25) is 0 Å². The number of anilines is 1. The summed E-state index contributed by atoms with van der Waals surface area (Å²) in [5.74, 6) is 0.0205. The summed E-state index contributed by atoms with van der Waals surface area (Å²) in [4.78, 5) is 28.5. The molecule has 6 heteroatoms.